The largest absolute Gasteiger partial charge is 0.463 e. The fraction of sp³-hybridized carbons (Fsp3) is 0.476. The highest BCUT2D eigenvalue weighted by atomic mass is 32.1. The number of hydrazine groups is 1. The molecule has 0 unspecified atom stereocenters. The third-order valence-electron chi connectivity index (χ3n) is 4.08. The van der Waals surface area contributed by atoms with Crippen LogP contribution in [-0.2, 0) is 28.8 Å². The van der Waals surface area contributed by atoms with Crippen molar-refractivity contribution in [3.05, 3.63) is 33.0 Å². The van der Waals surface area contributed by atoms with Crippen LogP contribution >= 0.6 is 22.7 Å². The summed E-state index contributed by atoms with van der Waals surface area (Å²) in [6.45, 7) is 6.51. The van der Waals surface area contributed by atoms with Crippen molar-refractivity contribution in [1.29, 1.82) is 0 Å². The van der Waals surface area contributed by atoms with Gasteiger partial charge in [0.2, 0.25) is 5.91 Å². The highest BCUT2D eigenvalue weighted by Crippen LogP contribution is 2.20. The molecular formula is C21H29N5O6S2. The lowest BCUT2D eigenvalue weighted by Gasteiger charge is -2.24. The molecule has 186 valence electrons. The topological polar surface area (TPSA) is 150 Å². The molecule has 0 fully saturated rings. The SMILES string of the molecule is CC(=O)Nc1nc(CCc2csc(CCCNC(=O)NN(C(=O)O)C(=O)OC(C)(C)C)c2)cs1. The Morgan fingerprint density at radius 1 is 1.12 bits per heavy atom. The van der Waals surface area contributed by atoms with Gasteiger partial charge in [-0.1, -0.05) is 0 Å². The molecule has 2 aromatic heterocycles. The smallest absolute Gasteiger partial charge is 0.439 e. The predicted octanol–water partition coefficient (Wildman–Crippen LogP) is 4.01. The molecule has 0 saturated carbocycles. The van der Waals surface area contributed by atoms with Crippen molar-refractivity contribution in [2.24, 2.45) is 0 Å². The molecule has 0 aromatic carbocycles. The fourth-order valence-electron chi connectivity index (χ4n) is 2.68. The lowest BCUT2D eigenvalue weighted by atomic mass is 10.1. The van der Waals surface area contributed by atoms with Gasteiger partial charge in [-0.2, -0.15) is 0 Å². The Kier molecular flexibility index (Phi) is 9.81. The van der Waals surface area contributed by atoms with E-state index in [2.05, 4.69) is 27.1 Å². The number of aromatic nitrogens is 1. The zero-order valence-corrected chi connectivity index (χ0v) is 21.1. The standard InChI is InChI=1S/C21H29N5O6S2/c1-13(27)23-18-24-15(12-34-18)8-7-14-10-16(33-11-14)6-5-9-22-17(28)25-26(19(29)30)20(31)32-21(2,3)4/h10-12H,5-9H2,1-4H3,(H,29,30)(H2,22,25,28)(H,23,24,27). The number of nitrogens with one attached hydrogen (secondary N) is 3. The van der Waals surface area contributed by atoms with Crippen molar-refractivity contribution in [3.8, 4) is 0 Å². The van der Waals surface area contributed by atoms with E-state index >= 15 is 0 Å². The van der Waals surface area contributed by atoms with Gasteiger partial charge in [0.05, 0.1) is 5.69 Å². The predicted molar refractivity (Wildman–Crippen MR) is 129 cm³/mol. The summed E-state index contributed by atoms with van der Waals surface area (Å²) in [4.78, 5) is 51.7. The van der Waals surface area contributed by atoms with Crippen LogP contribution in [0.2, 0.25) is 0 Å². The molecule has 2 aromatic rings. The zero-order chi connectivity index (χ0) is 25.3. The Hall–Kier alpha value is -3.19. The average molecular weight is 512 g/mol. The van der Waals surface area contributed by atoms with Crippen LogP contribution in [0.15, 0.2) is 16.8 Å². The number of nitrogens with zero attached hydrogens (tertiary/aromatic N) is 2. The second-order valence-electron chi connectivity index (χ2n) is 8.32. The van der Waals surface area contributed by atoms with Gasteiger partial charge in [0.1, 0.15) is 5.60 Å². The van der Waals surface area contributed by atoms with Gasteiger partial charge in [0, 0.05) is 23.7 Å². The normalized spacial score (nSPS) is 10.9. The molecule has 11 nitrogen and oxygen atoms in total. The summed E-state index contributed by atoms with van der Waals surface area (Å²) in [6, 6.07) is 1.29. The third-order valence-corrected chi connectivity index (χ3v) is 5.93. The number of carbonyl (C=O) groups excluding carboxylic acids is 3. The molecule has 0 aliphatic rings. The Labute approximate surface area is 205 Å². The number of anilines is 1. The van der Waals surface area contributed by atoms with Crippen molar-refractivity contribution in [2.45, 2.75) is 59.0 Å². The molecular weight excluding hydrogens is 482 g/mol. The van der Waals surface area contributed by atoms with Gasteiger partial charge < -0.3 is 20.5 Å². The van der Waals surface area contributed by atoms with E-state index in [1.54, 1.807) is 32.1 Å². The summed E-state index contributed by atoms with van der Waals surface area (Å²) >= 11 is 3.03. The Morgan fingerprint density at radius 2 is 1.85 bits per heavy atom. The van der Waals surface area contributed by atoms with Gasteiger partial charge in [-0.3, -0.25) is 4.79 Å². The van der Waals surface area contributed by atoms with Crippen LogP contribution in [0.25, 0.3) is 0 Å². The lowest BCUT2D eigenvalue weighted by Crippen LogP contribution is -2.53. The molecule has 4 N–H and O–H groups in total. The van der Waals surface area contributed by atoms with Gasteiger partial charge >= 0.3 is 18.2 Å². The number of thiazole rings is 1. The molecule has 13 heteroatoms. The van der Waals surface area contributed by atoms with Crippen molar-refractivity contribution in [1.82, 2.24) is 20.7 Å². The highest BCUT2D eigenvalue weighted by Gasteiger charge is 2.28. The fourth-order valence-corrected chi connectivity index (χ4v) is 4.44. The maximum Gasteiger partial charge on any atom is 0.439 e. The summed E-state index contributed by atoms with van der Waals surface area (Å²) in [7, 11) is 0. The van der Waals surface area contributed by atoms with Crippen LogP contribution in [0.3, 0.4) is 0 Å². The summed E-state index contributed by atoms with van der Waals surface area (Å²) < 4.78 is 4.96. The zero-order valence-electron chi connectivity index (χ0n) is 19.5. The molecule has 0 bridgehead atoms. The van der Waals surface area contributed by atoms with Crippen molar-refractivity contribution >= 4 is 51.9 Å². The van der Waals surface area contributed by atoms with E-state index in [4.69, 9.17) is 9.84 Å². The van der Waals surface area contributed by atoms with Crippen LogP contribution in [0.1, 0.15) is 50.3 Å². The van der Waals surface area contributed by atoms with E-state index in [-0.39, 0.29) is 10.9 Å². The third kappa shape index (κ3) is 9.75. The molecule has 0 aliphatic carbocycles. The number of thiophene rings is 1. The van der Waals surface area contributed by atoms with Crippen molar-refractivity contribution < 1.29 is 29.0 Å². The number of aryl methyl sites for hydroxylation is 3. The highest BCUT2D eigenvalue weighted by molar-refractivity contribution is 7.13. The first kappa shape index (κ1) is 27.1. The summed E-state index contributed by atoms with van der Waals surface area (Å²) in [5, 5.41) is 19.1. The van der Waals surface area contributed by atoms with Gasteiger partial charge in [0.25, 0.3) is 0 Å². The van der Waals surface area contributed by atoms with Crippen LogP contribution in [0, 0.1) is 0 Å². The summed E-state index contributed by atoms with van der Waals surface area (Å²) in [5.41, 5.74) is 3.18. The van der Waals surface area contributed by atoms with Crippen molar-refractivity contribution in [3.63, 3.8) is 0 Å². The number of ether oxygens (including phenoxy) is 1. The van der Waals surface area contributed by atoms with Crippen molar-refractivity contribution in [2.75, 3.05) is 11.9 Å². The van der Waals surface area contributed by atoms with Crippen LogP contribution in [-0.4, -0.2) is 51.4 Å². The van der Waals surface area contributed by atoms with E-state index in [9.17, 15) is 19.2 Å². The number of urea groups is 1. The minimum atomic E-state index is -1.65. The van der Waals surface area contributed by atoms with Crippen LogP contribution in [0.5, 0.6) is 0 Å². The maximum absolute atomic E-state index is 12.0. The quantitative estimate of drug-likeness (QED) is 0.309. The maximum atomic E-state index is 12.0. The molecule has 2 heterocycles. The lowest BCUT2D eigenvalue weighted by molar-refractivity contribution is -0.114. The molecule has 2 rings (SSSR count). The first-order chi connectivity index (χ1) is 15.9. The monoisotopic (exact) mass is 511 g/mol. The van der Waals surface area contributed by atoms with Gasteiger partial charge in [-0.15, -0.1) is 27.7 Å². The average Bonchev–Trinajstić information content (AvgIpc) is 3.35. The minimum absolute atomic E-state index is 0.105. The van der Waals surface area contributed by atoms with E-state index in [1.165, 1.54) is 23.8 Å². The number of rotatable bonds is 8. The molecule has 34 heavy (non-hydrogen) atoms. The van der Waals surface area contributed by atoms with E-state index in [0.717, 1.165) is 29.8 Å². The van der Waals surface area contributed by atoms with E-state index in [0.29, 0.717) is 18.1 Å². The number of carboxylic acid groups (broad SMARTS) is 1. The molecule has 0 radical (unpaired) electrons. The first-order valence-electron chi connectivity index (χ1n) is 10.5. The Bertz CT molecular complexity index is 1010. The van der Waals surface area contributed by atoms with Crippen LogP contribution in [0.4, 0.5) is 19.5 Å². The van der Waals surface area contributed by atoms with E-state index < -0.39 is 23.8 Å². The number of amides is 5. The summed E-state index contributed by atoms with van der Waals surface area (Å²) in [6.07, 6.45) is 0.133. The number of carbonyl (C=O) groups is 4. The minimum Gasteiger partial charge on any atom is -0.463 e. The second-order valence-corrected chi connectivity index (χ2v) is 10.2. The van der Waals surface area contributed by atoms with Crippen LogP contribution < -0.4 is 16.1 Å². The second kappa shape index (κ2) is 12.3. The molecule has 0 aliphatic heterocycles. The molecule has 0 saturated heterocycles. The Morgan fingerprint density at radius 3 is 2.50 bits per heavy atom. The number of hydrogen-bond acceptors (Lipinski definition) is 8. The van der Waals surface area contributed by atoms with Gasteiger partial charge in [-0.25, -0.2) is 24.8 Å². The molecule has 0 atom stereocenters. The molecule has 0 spiro atoms. The first-order valence-corrected chi connectivity index (χ1v) is 12.3. The number of imide groups is 1. The Balaban J connectivity index is 1.71. The van der Waals surface area contributed by atoms with Gasteiger partial charge in [0.15, 0.2) is 5.13 Å². The number of hydrogen-bond donors (Lipinski definition) is 4. The molecule has 5 amide bonds. The van der Waals surface area contributed by atoms with Gasteiger partial charge in [-0.05, 0) is 63.5 Å². The van der Waals surface area contributed by atoms with E-state index in [1.807, 2.05) is 10.8 Å². The summed E-state index contributed by atoms with van der Waals surface area (Å²) in [5.74, 6) is -0.141.